The van der Waals surface area contributed by atoms with Crippen LogP contribution in [0.25, 0.3) is 32.7 Å². The zero-order valence-electron chi connectivity index (χ0n) is 38.2. The molecule has 5 aromatic rings. The first kappa shape index (κ1) is 48.9. The van der Waals surface area contributed by atoms with E-state index in [2.05, 4.69) is 0 Å². The van der Waals surface area contributed by atoms with E-state index in [0.717, 1.165) is 62.5 Å². The van der Waals surface area contributed by atoms with Gasteiger partial charge in [0.25, 0.3) is 10.1 Å². The second-order valence-electron chi connectivity index (χ2n) is 18.5. The lowest BCUT2D eigenvalue weighted by molar-refractivity contribution is -0.438. The topological polar surface area (TPSA) is 155 Å². The number of benzene rings is 5. The van der Waals surface area contributed by atoms with Crippen molar-refractivity contribution >= 4 is 80.0 Å². The van der Waals surface area contributed by atoms with Crippen molar-refractivity contribution in [1.82, 2.24) is 4.31 Å². The van der Waals surface area contributed by atoms with E-state index in [1.165, 1.54) is 0 Å². The van der Waals surface area contributed by atoms with E-state index in [4.69, 9.17) is 0 Å². The Kier molecular flexibility index (Phi) is 12.7. The first-order chi connectivity index (χ1) is 31.8. The molecular weight excluding hydrogens is 936 g/mol. The van der Waals surface area contributed by atoms with Crippen LogP contribution in [0.1, 0.15) is 75.6 Å². The minimum absolute atomic E-state index is 0.106. The number of rotatable bonds is 15. The summed E-state index contributed by atoms with van der Waals surface area (Å²) in [5, 5.41) is 3.93. The van der Waals surface area contributed by atoms with Crippen LogP contribution in [0.5, 0.6) is 0 Å². The summed E-state index contributed by atoms with van der Waals surface area (Å²) >= 11 is 0. The van der Waals surface area contributed by atoms with Crippen LogP contribution >= 0.6 is 0 Å². The molecule has 1 aliphatic carbocycles. The van der Waals surface area contributed by atoms with Gasteiger partial charge in [0.2, 0.25) is 5.69 Å². The maximum Gasteiger partial charge on any atom is 0.516 e. The van der Waals surface area contributed by atoms with Gasteiger partial charge in [-0.05, 0) is 95.6 Å². The zero-order valence-corrected chi connectivity index (χ0v) is 40.7. The molecule has 68 heavy (non-hydrogen) atoms. The summed E-state index contributed by atoms with van der Waals surface area (Å²) in [5.74, 6) is -0.967. The minimum Gasteiger partial charge on any atom is -0.748 e. The van der Waals surface area contributed by atoms with Crippen LogP contribution in [-0.2, 0) is 41.1 Å². The van der Waals surface area contributed by atoms with E-state index < -0.39 is 58.1 Å². The van der Waals surface area contributed by atoms with E-state index in [9.17, 15) is 47.5 Å². The van der Waals surface area contributed by atoms with E-state index in [0.29, 0.717) is 41.4 Å². The SMILES string of the molecule is CN(C1=C(/C=C/C2=[N+](CCCCS(=O)(=O)[O-])c3ccc4ccccc4c3C2(C)C)c2ccccc2/C1=C\C=C1\N(CCCCS(=O)(=O)O)c2ccc3ccccc3c2C1(C)C)S(=O)(=O)C(F)(F)F. The lowest BCUT2D eigenvalue weighted by Crippen LogP contribution is -2.37. The van der Waals surface area contributed by atoms with Crippen LogP contribution in [0, 0.1) is 0 Å². The zero-order chi connectivity index (χ0) is 49.2. The molecule has 5 aromatic carbocycles. The number of hydrogen-bond donors (Lipinski definition) is 1. The molecule has 0 unspecified atom stereocenters. The fraction of sp³-hybridized carbons (Fsp3) is 0.314. The van der Waals surface area contributed by atoms with Gasteiger partial charge in [-0.15, -0.1) is 0 Å². The summed E-state index contributed by atoms with van der Waals surface area (Å²) in [6.45, 7) is 8.75. The molecule has 0 spiro atoms. The van der Waals surface area contributed by atoms with Gasteiger partial charge in [0.05, 0.1) is 27.0 Å². The lowest BCUT2D eigenvalue weighted by Gasteiger charge is -2.27. The summed E-state index contributed by atoms with van der Waals surface area (Å²) in [7, 11) is -13.7. The summed E-state index contributed by atoms with van der Waals surface area (Å²) in [4.78, 5) is 2.05. The summed E-state index contributed by atoms with van der Waals surface area (Å²) in [6, 6.07) is 30.6. The molecule has 358 valence electrons. The highest BCUT2D eigenvalue weighted by atomic mass is 32.2. The van der Waals surface area contributed by atoms with Crippen LogP contribution in [0.3, 0.4) is 0 Å². The summed E-state index contributed by atoms with van der Waals surface area (Å²) in [5.41, 5.74) is -0.764. The Hall–Kier alpha value is -5.59. The second-order valence-corrected chi connectivity index (χ2v) is 23.5. The number of alkyl halides is 3. The highest BCUT2D eigenvalue weighted by Crippen LogP contribution is 2.52. The van der Waals surface area contributed by atoms with Gasteiger partial charge in [0, 0.05) is 71.4 Å². The van der Waals surface area contributed by atoms with Gasteiger partial charge < -0.3 is 9.45 Å². The summed E-state index contributed by atoms with van der Waals surface area (Å²) in [6.07, 6.45) is 7.86. The third-order valence-corrected chi connectivity index (χ3v) is 16.5. The number of likely N-dealkylation sites (N-methyl/N-ethyl adjacent to an activating group) is 1. The molecule has 0 radical (unpaired) electrons. The van der Waals surface area contributed by atoms with Crippen molar-refractivity contribution in [3.05, 3.63) is 155 Å². The van der Waals surface area contributed by atoms with Crippen LogP contribution in [0.2, 0.25) is 0 Å². The molecule has 0 amide bonds. The quantitative estimate of drug-likeness (QED) is 0.0613. The van der Waals surface area contributed by atoms with Crippen LogP contribution in [-0.4, -0.2) is 86.1 Å². The number of sulfonamides is 1. The van der Waals surface area contributed by atoms with Gasteiger partial charge in [0.15, 0.2) is 5.71 Å². The average molecular weight is 988 g/mol. The monoisotopic (exact) mass is 987 g/mol. The Bertz CT molecular complexity index is 3390. The Morgan fingerprint density at radius 1 is 0.706 bits per heavy atom. The fourth-order valence-corrected chi connectivity index (χ4v) is 12.2. The van der Waals surface area contributed by atoms with Crippen molar-refractivity contribution in [2.75, 3.05) is 36.5 Å². The van der Waals surface area contributed by atoms with Gasteiger partial charge in [-0.2, -0.15) is 34.6 Å². The van der Waals surface area contributed by atoms with Crippen LogP contribution in [0.15, 0.2) is 133 Å². The molecule has 2 heterocycles. The molecule has 0 saturated carbocycles. The van der Waals surface area contributed by atoms with E-state index in [1.54, 1.807) is 48.6 Å². The predicted octanol–water partition coefficient (Wildman–Crippen LogP) is 10.2. The maximum atomic E-state index is 14.7. The number of halogens is 3. The third-order valence-electron chi connectivity index (χ3n) is 13.4. The van der Waals surface area contributed by atoms with Gasteiger partial charge >= 0.3 is 15.5 Å². The highest BCUT2D eigenvalue weighted by molar-refractivity contribution is 7.90. The number of anilines is 1. The van der Waals surface area contributed by atoms with Gasteiger partial charge in [-0.25, -0.2) is 8.42 Å². The molecule has 8 rings (SSSR count). The third kappa shape index (κ3) is 8.94. The van der Waals surface area contributed by atoms with Gasteiger partial charge in [0.1, 0.15) is 6.54 Å². The number of allylic oxidation sites excluding steroid dienone is 7. The molecule has 0 bridgehead atoms. The Morgan fingerprint density at radius 3 is 1.93 bits per heavy atom. The van der Waals surface area contributed by atoms with Gasteiger partial charge in [-0.3, -0.25) is 8.86 Å². The van der Waals surface area contributed by atoms with E-state index in [-0.39, 0.29) is 29.7 Å². The number of hydrogen-bond acceptors (Lipinski definition) is 8. The van der Waals surface area contributed by atoms with Crippen molar-refractivity contribution in [2.45, 2.75) is 69.7 Å². The lowest BCUT2D eigenvalue weighted by atomic mass is 9.79. The maximum absolute atomic E-state index is 14.7. The van der Waals surface area contributed by atoms with Crippen molar-refractivity contribution < 1.29 is 52.1 Å². The molecule has 3 aliphatic rings. The summed E-state index contributed by atoms with van der Waals surface area (Å²) < 4.78 is 141. The second kappa shape index (κ2) is 17.7. The molecule has 17 heteroatoms. The van der Waals surface area contributed by atoms with Crippen molar-refractivity contribution in [3.8, 4) is 0 Å². The van der Waals surface area contributed by atoms with Crippen LogP contribution in [0.4, 0.5) is 24.5 Å². The van der Waals surface area contributed by atoms with E-state index >= 15 is 0 Å². The number of unbranched alkanes of at least 4 members (excludes halogenated alkanes) is 2. The first-order valence-corrected chi connectivity index (χ1v) is 26.8. The molecule has 11 nitrogen and oxygen atoms in total. The molecule has 0 saturated heterocycles. The van der Waals surface area contributed by atoms with Crippen LogP contribution < -0.4 is 4.90 Å². The highest BCUT2D eigenvalue weighted by Gasteiger charge is 2.51. The molecule has 0 aromatic heterocycles. The average Bonchev–Trinajstić information content (AvgIpc) is 3.78. The van der Waals surface area contributed by atoms with Gasteiger partial charge in [-0.1, -0.05) is 98.8 Å². The van der Waals surface area contributed by atoms with E-state index in [1.807, 2.05) is 110 Å². The predicted molar refractivity (Wildman–Crippen MR) is 262 cm³/mol. The number of nitrogens with zero attached hydrogens (tertiary/aromatic N) is 3. The normalized spacial score (nSPS) is 18.2. The molecular formula is C51H52F3N3O8S3. The Morgan fingerprint density at radius 2 is 1.29 bits per heavy atom. The number of fused-ring (bicyclic) bond motifs is 7. The minimum atomic E-state index is -5.97. The smallest absolute Gasteiger partial charge is 0.516 e. The largest absolute Gasteiger partial charge is 0.748 e. The Labute approximate surface area is 395 Å². The van der Waals surface area contributed by atoms with Crippen molar-refractivity contribution in [3.63, 3.8) is 0 Å². The van der Waals surface area contributed by atoms with Crippen molar-refractivity contribution in [2.24, 2.45) is 0 Å². The molecule has 0 atom stereocenters. The fourth-order valence-electron chi connectivity index (χ4n) is 10.3. The molecule has 1 N–H and O–H groups in total. The molecule has 2 aliphatic heterocycles. The van der Waals surface area contributed by atoms with Crippen molar-refractivity contribution in [1.29, 1.82) is 0 Å². The standard InChI is InChI=1S/C51H52F3N3O8S3/c1-49(2)44(56(30-12-14-32-66(58,59)60)42-26-22-34-16-6-8-18-36(34)46(42)49)28-24-40-38-20-10-11-21-39(38)41(48(40)55(5)68(64,65)51(52,53)54)25-29-45-50(3,4)47-37-19-9-7-17-35(37)23-27-43(47)57(45)31-13-15-33-67(61,62)63/h6-11,16-29H,12-15,30-33H2,1-5H3,(H-,58,59,60,61,62,63). The molecule has 0 fully saturated rings. The Balaban J connectivity index is 1.32. The first-order valence-electron chi connectivity index (χ1n) is 22.2.